The van der Waals surface area contributed by atoms with Gasteiger partial charge in [0, 0.05) is 26.2 Å². The van der Waals surface area contributed by atoms with Crippen molar-refractivity contribution in [1.82, 2.24) is 14.8 Å². The summed E-state index contributed by atoms with van der Waals surface area (Å²) in [7, 11) is 0. The molecule has 6 nitrogen and oxygen atoms in total. The molecule has 2 N–H and O–H groups in total. The first-order valence-corrected chi connectivity index (χ1v) is 9.08. The van der Waals surface area contributed by atoms with E-state index < -0.39 is 11.9 Å². The van der Waals surface area contributed by atoms with Crippen LogP contribution in [0.25, 0.3) is 0 Å². The van der Waals surface area contributed by atoms with E-state index in [1.54, 1.807) is 4.90 Å². The lowest BCUT2D eigenvalue weighted by Crippen LogP contribution is -2.58. The molecule has 132 valence electrons. The zero-order valence-corrected chi connectivity index (χ0v) is 15.3. The van der Waals surface area contributed by atoms with Gasteiger partial charge in [-0.1, -0.05) is 30.3 Å². The summed E-state index contributed by atoms with van der Waals surface area (Å²) in [6, 6.07) is 9.49. The van der Waals surface area contributed by atoms with E-state index in [0.29, 0.717) is 31.1 Å². The monoisotopic (exact) mass is 358 g/mol. The Balaban J connectivity index is 1.74. The molecule has 0 unspecified atom stereocenters. The Bertz CT molecular complexity index is 775. The van der Waals surface area contributed by atoms with Crippen LogP contribution in [-0.4, -0.2) is 52.3 Å². The molecular weight excluding hydrogens is 336 g/mol. The number of aromatic nitrogens is 1. The molecule has 25 heavy (non-hydrogen) atoms. The fraction of sp³-hybridized carbons (Fsp3) is 0.389. The maximum Gasteiger partial charge on any atom is 0.265 e. The smallest absolute Gasteiger partial charge is 0.265 e. The van der Waals surface area contributed by atoms with Crippen LogP contribution in [0.1, 0.15) is 25.9 Å². The number of nitrogens with zero attached hydrogens (tertiary/aromatic N) is 3. The number of benzene rings is 1. The Kier molecular flexibility index (Phi) is 5.15. The summed E-state index contributed by atoms with van der Waals surface area (Å²) in [5.74, 6) is -0.459. The van der Waals surface area contributed by atoms with Crippen LogP contribution in [0.2, 0.25) is 0 Å². The minimum Gasteiger partial charge on any atom is -0.368 e. The van der Waals surface area contributed by atoms with Crippen LogP contribution < -0.4 is 5.73 Å². The van der Waals surface area contributed by atoms with Gasteiger partial charge < -0.3 is 10.6 Å². The minimum atomic E-state index is -0.479. The highest BCUT2D eigenvalue weighted by molar-refractivity contribution is 7.13. The second-order valence-corrected chi connectivity index (χ2v) is 7.48. The molecule has 0 saturated carbocycles. The van der Waals surface area contributed by atoms with Gasteiger partial charge in [0.25, 0.3) is 5.91 Å². The molecule has 0 aliphatic carbocycles. The van der Waals surface area contributed by atoms with Crippen LogP contribution >= 0.6 is 11.3 Å². The average molecular weight is 358 g/mol. The topological polar surface area (TPSA) is 79.5 Å². The molecule has 1 aromatic heterocycles. The second kappa shape index (κ2) is 7.33. The fourth-order valence-electron chi connectivity index (χ4n) is 3.16. The number of aryl methyl sites for hydroxylation is 2. The number of hydrogen-bond acceptors (Lipinski definition) is 5. The van der Waals surface area contributed by atoms with E-state index >= 15 is 0 Å². The predicted octanol–water partition coefficient (Wildman–Crippen LogP) is 1.57. The Morgan fingerprint density at radius 2 is 1.96 bits per heavy atom. The maximum absolute atomic E-state index is 12.8. The highest BCUT2D eigenvalue weighted by Crippen LogP contribution is 2.22. The molecule has 2 amide bonds. The van der Waals surface area contributed by atoms with Crippen molar-refractivity contribution in [3.63, 3.8) is 0 Å². The number of piperazine rings is 1. The third-order valence-corrected chi connectivity index (χ3v) is 5.49. The van der Waals surface area contributed by atoms with Crippen molar-refractivity contribution in [3.05, 3.63) is 51.5 Å². The molecule has 7 heteroatoms. The number of hydrogen-bond donors (Lipinski definition) is 1. The van der Waals surface area contributed by atoms with Crippen LogP contribution in [0.15, 0.2) is 30.3 Å². The van der Waals surface area contributed by atoms with Crippen molar-refractivity contribution in [2.75, 3.05) is 19.6 Å². The third-order valence-electron chi connectivity index (χ3n) is 4.43. The summed E-state index contributed by atoms with van der Waals surface area (Å²) >= 11 is 1.40. The number of amides is 2. The number of primary amides is 1. The standard InChI is InChI=1S/C18H22N4O2S/c1-12-16(25-13(2)20-12)18(24)22-9-8-21(15(11-22)17(19)23)10-14-6-4-3-5-7-14/h3-7,15H,8-11H2,1-2H3,(H2,19,23)/t15-/m0/s1. The van der Waals surface area contributed by atoms with Gasteiger partial charge in [-0.2, -0.15) is 0 Å². The van der Waals surface area contributed by atoms with Crippen molar-refractivity contribution < 1.29 is 9.59 Å². The maximum atomic E-state index is 12.8. The zero-order valence-electron chi connectivity index (χ0n) is 14.4. The van der Waals surface area contributed by atoms with E-state index in [1.165, 1.54) is 11.3 Å². The van der Waals surface area contributed by atoms with Crippen molar-refractivity contribution in [2.24, 2.45) is 5.73 Å². The number of nitrogens with two attached hydrogens (primary N) is 1. The van der Waals surface area contributed by atoms with Crippen molar-refractivity contribution in [2.45, 2.75) is 26.4 Å². The summed E-state index contributed by atoms with van der Waals surface area (Å²) in [5, 5.41) is 0.870. The fourth-order valence-corrected chi connectivity index (χ4v) is 4.04. The van der Waals surface area contributed by atoms with Crippen molar-refractivity contribution in [1.29, 1.82) is 0 Å². The summed E-state index contributed by atoms with van der Waals surface area (Å²) in [4.78, 5) is 33.5. The molecule has 0 spiro atoms. The van der Waals surface area contributed by atoms with Crippen LogP contribution in [-0.2, 0) is 11.3 Å². The van der Waals surface area contributed by atoms with Gasteiger partial charge in [0.05, 0.1) is 10.7 Å². The van der Waals surface area contributed by atoms with Crippen LogP contribution in [0.5, 0.6) is 0 Å². The van der Waals surface area contributed by atoms with Crippen molar-refractivity contribution in [3.8, 4) is 0 Å². The third kappa shape index (κ3) is 3.88. The molecule has 1 atom stereocenters. The number of carbonyl (C=O) groups excluding carboxylic acids is 2. The molecule has 2 heterocycles. The molecule has 3 rings (SSSR count). The number of carbonyl (C=O) groups is 2. The summed E-state index contributed by atoms with van der Waals surface area (Å²) in [6.45, 7) is 5.88. The lowest BCUT2D eigenvalue weighted by atomic mass is 10.1. The molecule has 2 aromatic rings. The largest absolute Gasteiger partial charge is 0.368 e. The molecule has 1 saturated heterocycles. The molecule has 1 aromatic carbocycles. The first-order valence-electron chi connectivity index (χ1n) is 8.26. The Hall–Kier alpha value is -2.25. The van der Waals surface area contributed by atoms with E-state index in [2.05, 4.69) is 4.98 Å². The van der Waals surface area contributed by atoms with Gasteiger partial charge in [-0.05, 0) is 19.4 Å². The van der Waals surface area contributed by atoms with E-state index in [4.69, 9.17) is 5.73 Å². The zero-order chi connectivity index (χ0) is 18.0. The van der Waals surface area contributed by atoms with E-state index in [9.17, 15) is 9.59 Å². The quantitative estimate of drug-likeness (QED) is 0.900. The summed E-state index contributed by atoms with van der Waals surface area (Å²) < 4.78 is 0. The first kappa shape index (κ1) is 17.6. The van der Waals surface area contributed by atoms with Crippen LogP contribution in [0.3, 0.4) is 0 Å². The minimum absolute atomic E-state index is 0.0614. The summed E-state index contributed by atoms with van der Waals surface area (Å²) in [5.41, 5.74) is 7.49. The van der Waals surface area contributed by atoms with Gasteiger partial charge in [-0.15, -0.1) is 11.3 Å². The Morgan fingerprint density at radius 1 is 1.24 bits per heavy atom. The van der Waals surface area contributed by atoms with Gasteiger partial charge in [-0.3, -0.25) is 14.5 Å². The predicted molar refractivity (Wildman–Crippen MR) is 97.3 cm³/mol. The molecule has 1 fully saturated rings. The van der Waals surface area contributed by atoms with Gasteiger partial charge in [0.2, 0.25) is 5.91 Å². The van der Waals surface area contributed by atoms with E-state index in [1.807, 2.05) is 49.1 Å². The highest BCUT2D eigenvalue weighted by atomic mass is 32.1. The van der Waals surface area contributed by atoms with Gasteiger partial charge in [-0.25, -0.2) is 4.98 Å². The molecular formula is C18H22N4O2S. The normalized spacial score (nSPS) is 18.3. The van der Waals surface area contributed by atoms with Gasteiger partial charge in [0.1, 0.15) is 10.9 Å². The molecule has 0 bridgehead atoms. The Morgan fingerprint density at radius 3 is 2.56 bits per heavy atom. The van der Waals surface area contributed by atoms with E-state index in [-0.39, 0.29) is 5.91 Å². The van der Waals surface area contributed by atoms with Crippen molar-refractivity contribution >= 4 is 23.2 Å². The average Bonchev–Trinajstić information content (AvgIpc) is 2.93. The second-order valence-electron chi connectivity index (χ2n) is 6.27. The van der Waals surface area contributed by atoms with E-state index in [0.717, 1.165) is 16.3 Å². The highest BCUT2D eigenvalue weighted by Gasteiger charge is 2.34. The molecule has 1 aliphatic heterocycles. The molecule has 0 radical (unpaired) electrons. The summed E-state index contributed by atoms with van der Waals surface area (Å²) in [6.07, 6.45) is 0. The SMILES string of the molecule is Cc1nc(C)c(C(=O)N2CCN(Cc3ccccc3)[C@H](C(N)=O)C2)s1. The molecule has 1 aliphatic rings. The first-order chi connectivity index (χ1) is 12.0. The van der Waals surface area contributed by atoms with Crippen LogP contribution in [0, 0.1) is 13.8 Å². The lowest BCUT2D eigenvalue weighted by molar-refractivity contribution is -0.125. The van der Waals surface area contributed by atoms with Gasteiger partial charge >= 0.3 is 0 Å². The van der Waals surface area contributed by atoms with Crippen LogP contribution in [0.4, 0.5) is 0 Å². The number of rotatable bonds is 4. The van der Waals surface area contributed by atoms with Gasteiger partial charge in [0.15, 0.2) is 0 Å². The Labute approximate surface area is 151 Å². The lowest BCUT2D eigenvalue weighted by Gasteiger charge is -2.39. The number of thiazole rings is 1.